The molecule has 0 aromatic heterocycles. The van der Waals surface area contributed by atoms with Crippen molar-refractivity contribution >= 4 is 11.9 Å². The van der Waals surface area contributed by atoms with E-state index < -0.39 is 28.6 Å². The summed E-state index contributed by atoms with van der Waals surface area (Å²) in [6.45, 7) is 18.3. The SMILES string of the molecule is CC(C)=CCC/C(C)=C/CC/C(C)=C/COC(=O)C(C)(C)CC(C)C(=O)OC(C)(C)C(C)(N)O. The Morgan fingerprint density at radius 1 is 0.912 bits per heavy atom. The molecule has 6 heteroatoms. The number of carbonyl (C=O) groups excluding carboxylic acids is 2. The maximum atomic E-state index is 12.6. The molecule has 0 aliphatic heterocycles. The quantitative estimate of drug-likeness (QED) is 0.180. The van der Waals surface area contributed by atoms with Crippen LogP contribution in [-0.4, -0.2) is 35.0 Å². The lowest BCUT2D eigenvalue weighted by Gasteiger charge is -2.37. The molecule has 0 saturated carbocycles. The number of ether oxygens (including phenoxy) is 2. The highest BCUT2D eigenvalue weighted by atomic mass is 16.6. The van der Waals surface area contributed by atoms with Gasteiger partial charge in [-0.25, -0.2) is 0 Å². The van der Waals surface area contributed by atoms with Gasteiger partial charge >= 0.3 is 11.9 Å². The molecule has 6 nitrogen and oxygen atoms in total. The predicted octanol–water partition coefficient (Wildman–Crippen LogP) is 5.99. The summed E-state index contributed by atoms with van der Waals surface area (Å²) < 4.78 is 10.9. The minimum atomic E-state index is -1.68. The van der Waals surface area contributed by atoms with Gasteiger partial charge in [0.05, 0.1) is 11.3 Å². The van der Waals surface area contributed by atoms with Gasteiger partial charge < -0.3 is 20.3 Å². The smallest absolute Gasteiger partial charge is 0.311 e. The molecular formula is C28H49NO5. The largest absolute Gasteiger partial charge is 0.461 e. The monoisotopic (exact) mass is 479 g/mol. The molecule has 0 fully saturated rings. The van der Waals surface area contributed by atoms with E-state index in [2.05, 4.69) is 32.9 Å². The van der Waals surface area contributed by atoms with Crippen LogP contribution >= 0.6 is 0 Å². The summed E-state index contributed by atoms with van der Waals surface area (Å²) >= 11 is 0. The third-order valence-corrected chi connectivity index (χ3v) is 6.12. The molecule has 3 N–H and O–H groups in total. The Morgan fingerprint density at radius 3 is 1.91 bits per heavy atom. The normalized spacial score (nSPS) is 15.9. The van der Waals surface area contributed by atoms with E-state index in [-0.39, 0.29) is 19.0 Å². The fourth-order valence-electron chi connectivity index (χ4n) is 3.18. The molecule has 0 aliphatic rings. The third kappa shape index (κ3) is 12.5. The molecule has 0 heterocycles. The molecule has 2 atom stereocenters. The van der Waals surface area contributed by atoms with E-state index in [1.807, 2.05) is 13.0 Å². The first-order valence-electron chi connectivity index (χ1n) is 12.2. The van der Waals surface area contributed by atoms with Crippen LogP contribution in [0.25, 0.3) is 0 Å². The second kappa shape index (κ2) is 13.8. The molecule has 0 aromatic rings. The predicted molar refractivity (Wildman–Crippen MR) is 139 cm³/mol. The molecule has 0 radical (unpaired) electrons. The van der Waals surface area contributed by atoms with Crippen LogP contribution < -0.4 is 5.73 Å². The Hall–Kier alpha value is -1.92. The Balaban J connectivity index is 4.62. The Bertz CT molecular complexity index is 762. The lowest BCUT2D eigenvalue weighted by molar-refractivity contribution is -0.188. The average molecular weight is 480 g/mol. The molecule has 196 valence electrons. The average Bonchev–Trinajstić information content (AvgIpc) is 2.65. The summed E-state index contributed by atoms with van der Waals surface area (Å²) in [4.78, 5) is 25.1. The molecule has 0 aromatic carbocycles. The highest BCUT2D eigenvalue weighted by Crippen LogP contribution is 2.30. The van der Waals surface area contributed by atoms with Gasteiger partial charge in [0.2, 0.25) is 0 Å². The van der Waals surface area contributed by atoms with Gasteiger partial charge in [-0.15, -0.1) is 0 Å². The van der Waals surface area contributed by atoms with Crippen LogP contribution in [-0.2, 0) is 19.1 Å². The Labute approximate surface area is 207 Å². The van der Waals surface area contributed by atoms with E-state index in [1.54, 1.807) is 34.6 Å². The van der Waals surface area contributed by atoms with Gasteiger partial charge in [0.25, 0.3) is 0 Å². The molecule has 0 amide bonds. The van der Waals surface area contributed by atoms with E-state index in [4.69, 9.17) is 15.2 Å². The summed E-state index contributed by atoms with van der Waals surface area (Å²) in [5, 5.41) is 9.99. The summed E-state index contributed by atoms with van der Waals surface area (Å²) in [5.74, 6) is -1.44. The summed E-state index contributed by atoms with van der Waals surface area (Å²) in [6, 6.07) is 0. The molecular weight excluding hydrogens is 430 g/mol. The minimum Gasteiger partial charge on any atom is -0.461 e. The van der Waals surface area contributed by atoms with Gasteiger partial charge in [0.15, 0.2) is 0 Å². The van der Waals surface area contributed by atoms with Gasteiger partial charge in [-0.05, 0) is 100 Å². The second-order valence-electron chi connectivity index (χ2n) is 11.1. The fourth-order valence-corrected chi connectivity index (χ4v) is 3.18. The van der Waals surface area contributed by atoms with Crippen LogP contribution in [0.5, 0.6) is 0 Å². The number of nitrogens with two attached hydrogens (primary N) is 1. The Kier molecular flexibility index (Phi) is 13.1. The van der Waals surface area contributed by atoms with E-state index >= 15 is 0 Å². The van der Waals surface area contributed by atoms with Gasteiger partial charge in [-0.2, -0.15) is 0 Å². The molecule has 0 spiro atoms. The van der Waals surface area contributed by atoms with Crippen LogP contribution in [0.15, 0.2) is 34.9 Å². The molecule has 2 unspecified atom stereocenters. The van der Waals surface area contributed by atoms with Crippen molar-refractivity contribution < 1.29 is 24.2 Å². The molecule has 34 heavy (non-hydrogen) atoms. The maximum Gasteiger partial charge on any atom is 0.311 e. The first kappa shape index (κ1) is 32.1. The fraction of sp³-hybridized carbons (Fsp3) is 0.714. The minimum absolute atomic E-state index is 0.208. The van der Waals surface area contributed by atoms with Crippen LogP contribution in [0.3, 0.4) is 0 Å². The standard InChI is InChI=1S/C28H49NO5/c1-20(2)13-11-14-21(3)15-12-16-22(4)17-18-33-25(31)26(6,7)19-23(5)24(30)34-27(8,9)28(10,29)32/h13,15,17,23,32H,11-12,14,16,18-19,29H2,1-10H3/b21-15+,22-17+. The van der Waals surface area contributed by atoms with Crippen molar-refractivity contribution in [1.82, 2.24) is 0 Å². The lowest BCUT2D eigenvalue weighted by atomic mass is 9.83. The molecule has 0 rings (SSSR count). The van der Waals surface area contributed by atoms with Gasteiger partial charge in [0.1, 0.15) is 17.9 Å². The van der Waals surface area contributed by atoms with Crippen molar-refractivity contribution in [3.63, 3.8) is 0 Å². The summed E-state index contributed by atoms with van der Waals surface area (Å²) in [6.07, 6.45) is 10.8. The maximum absolute atomic E-state index is 12.6. The third-order valence-electron chi connectivity index (χ3n) is 6.12. The molecule has 0 aliphatic carbocycles. The number of aliphatic hydroxyl groups is 1. The van der Waals surface area contributed by atoms with E-state index in [1.165, 1.54) is 23.6 Å². The van der Waals surface area contributed by atoms with Gasteiger partial charge in [-0.3, -0.25) is 9.59 Å². The number of allylic oxidation sites excluding steroid dienone is 5. The summed E-state index contributed by atoms with van der Waals surface area (Å²) in [7, 11) is 0. The zero-order valence-corrected chi connectivity index (χ0v) is 23.2. The van der Waals surface area contributed by atoms with Crippen molar-refractivity contribution in [3.05, 3.63) is 34.9 Å². The zero-order chi connectivity index (χ0) is 26.7. The van der Waals surface area contributed by atoms with E-state index in [0.29, 0.717) is 0 Å². The number of esters is 2. The number of carbonyl (C=O) groups is 2. The van der Waals surface area contributed by atoms with Crippen molar-refractivity contribution in [1.29, 1.82) is 0 Å². The van der Waals surface area contributed by atoms with Gasteiger partial charge in [-0.1, -0.05) is 35.8 Å². The van der Waals surface area contributed by atoms with Crippen LogP contribution in [0.4, 0.5) is 0 Å². The lowest BCUT2D eigenvalue weighted by Crippen LogP contribution is -2.57. The number of hydrogen-bond acceptors (Lipinski definition) is 6. The van der Waals surface area contributed by atoms with Crippen molar-refractivity contribution in [2.45, 2.75) is 113 Å². The van der Waals surface area contributed by atoms with Crippen molar-refractivity contribution in [2.24, 2.45) is 17.1 Å². The van der Waals surface area contributed by atoms with Crippen LogP contribution in [0.2, 0.25) is 0 Å². The molecule has 0 saturated heterocycles. The first-order valence-corrected chi connectivity index (χ1v) is 12.2. The number of rotatable bonds is 14. The highest BCUT2D eigenvalue weighted by Gasteiger charge is 2.42. The highest BCUT2D eigenvalue weighted by molar-refractivity contribution is 5.78. The van der Waals surface area contributed by atoms with Crippen LogP contribution in [0, 0.1) is 11.3 Å². The molecule has 0 bridgehead atoms. The van der Waals surface area contributed by atoms with Crippen LogP contribution in [0.1, 0.15) is 101 Å². The van der Waals surface area contributed by atoms with Crippen molar-refractivity contribution in [2.75, 3.05) is 6.61 Å². The first-order chi connectivity index (χ1) is 15.4. The summed E-state index contributed by atoms with van der Waals surface area (Å²) in [5.41, 5.74) is 5.80. The number of hydrogen-bond donors (Lipinski definition) is 2. The second-order valence-corrected chi connectivity index (χ2v) is 11.1. The zero-order valence-electron chi connectivity index (χ0n) is 23.2. The van der Waals surface area contributed by atoms with E-state index in [9.17, 15) is 14.7 Å². The topological polar surface area (TPSA) is 98.9 Å². The van der Waals surface area contributed by atoms with Crippen molar-refractivity contribution in [3.8, 4) is 0 Å². The van der Waals surface area contributed by atoms with E-state index in [0.717, 1.165) is 25.7 Å². The van der Waals surface area contributed by atoms with Gasteiger partial charge in [0, 0.05) is 0 Å². The Morgan fingerprint density at radius 2 is 1.41 bits per heavy atom.